The van der Waals surface area contributed by atoms with Crippen molar-refractivity contribution in [3.8, 4) is 5.75 Å². The van der Waals surface area contributed by atoms with E-state index in [4.69, 9.17) is 10.5 Å². The predicted octanol–water partition coefficient (Wildman–Crippen LogP) is 3.95. The molecule has 0 aliphatic heterocycles. The van der Waals surface area contributed by atoms with Crippen LogP contribution in [0.2, 0.25) is 0 Å². The van der Waals surface area contributed by atoms with Gasteiger partial charge in [0, 0.05) is 3.57 Å². The van der Waals surface area contributed by atoms with Gasteiger partial charge in [-0.25, -0.2) is 8.78 Å². The number of carbonyl (C=O) groups excluding carboxylic acids is 1. The summed E-state index contributed by atoms with van der Waals surface area (Å²) in [5.41, 5.74) is 4.20. The first-order chi connectivity index (χ1) is 10.8. The minimum absolute atomic E-state index is 0.0765. The topological polar surface area (TPSA) is 64.3 Å². The highest BCUT2D eigenvalue weighted by atomic mass is 127. The number of hydrogen-bond acceptors (Lipinski definition) is 3. The summed E-state index contributed by atoms with van der Waals surface area (Å²) in [6.45, 7) is 1.65. The van der Waals surface area contributed by atoms with E-state index in [0.717, 1.165) is 6.07 Å². The van der Waals surface area contributed by atoms with Gasteiger partial charge in [0.1, 0.15) is 5.82 Å². The van der Waals surface area contributed by atoms with Crippen LogP contribution in [-0.2, 0) is 0 Å². The molecule has 0 aliphatic carbocycles. The van der Waals surface area contributed by atoms with Gasteiger partial charge in [0.05, 0.1) is 23.5 Å². The van der Waals surface area contributed by atoms with Crippen molar-refractivity contribution in [2.45, 2.75) is 6.92 Å². The number of hydrogen-bond donors (Lipinski definition) is 2. The van der Waals surface area contributed by atoms with Gasteiger partial charge in [-0.2, -0.15) is 4.39 Å². The van der Waals surface area contributed by atoms with Crippen molar-refractivity contribution >= 4 is 39.9 Å². The lowest BCUT2D eigenvalue weighted by molar-refractivity contribution is 0.1000. The van der Waals surface area contributed by atoms with E-state index in [-0.39, 0.29) is 17.9 Å². The first-order valence-electron chi connectivity index (χ1n) is 6.51. The second-order valence-corrected chi connectivity index (χ2v) is 5.72. The van der Waals surface area contributed by atoms with Crippen LogP contribution in [0, 0.1) is 21.0 Å². The van der Waals surface area contributed by atoms with Crippen LogP contribution in [0.5, 0.6) is 5.75 Å². The van der Waals surface area contributed by atoms with Crippen molar-refractivity contribution in [1.82, 2.24) is 0 Å². The molecule has 3 N–H and O–H groups in total. The number of halogens is 4. The van der Waals surface area contributed by atoms with Crippen molar-refractivity contribution in [2.24, 2.45) is 5.73 Å². The molecule has 2 rings (SSSR count). The molecule has 0 heterocycles. The molecule has 1 amide bonds. The van der Waals surface area contributed by atoms with Crippen LogP contribution < -0.4 is 15.8 Å². The van der Waals surface area contributed by atoms with Gasteiger partial charge in [-0.3, -0.25) is 4.79 Å². The van der Waals surface area contributed by atoms with E-state index in [9.17, 15) is 18.0 Å². The summed E-state index contributed by atoms with van der Waals surface area (Å²) >= 11 is 1.90. The summed E-state index contributed by atoms with van der Waals surface area (Å²) in [6, 6.07) is 5.10. The van der Waals surface area contributed by atoms with Gasteiger partial charge in [-0.1, -0.05) is 0 Å². The summed E-state index contributed by atoms with van der Waals surface area (Å²) in [4.78, 5) is 11.5. The molecule has 0 unspecified atom stereocenters. The minimum Gasteiger partial charge on any atom is -0.491 e. The van der Waals surface area contributed by atoms with Gasteiger partial charge in [-0.05, 0) is 53.8 Å². The van der Waals surface area contributed by atoms with E-state index in [2.05, 4.69) is 5.32 Å². The molecule has 0 saturated heterocycles. The lowest BCUT2D eigenvalue weighted by atomic mass is 10.1. The van der Waals surface area contributed by atoms with Crippen LogP contribution in [0.25, 0.3) is 0 Å². The molecule has 0 saturated carbocycles. The molecule has 0 atom stereocenters. The van der Waals surface area contributed by atoms with Gasteiger partial charge in [0.2, 0.25) is 5.82 Å². The maximum Gasteiger partial charge on any atom is 0.251 e. The molecule has 2 aromatic rings. The fraction of sp³-hybridized carbons (Fsp3) is 0.133. The Labute approximate surface area is 144 Å². The number of anilines is 2. The maximum absolute atomic E-state index is 14.3. The summed E-state index contributed by atoms with van der Waals surface area (Å²) in [6.07, 6.45) is 0. The Balaban J connectivity index is 2.56. The third kappa shape index (κ3) is 3.69. The lowest BCUT2D eigenvalue weighted by Crippen LogP contribution is -2.16. The summed E-state index contributed by atoms with van der Waals surface area (Å²) in [5.74, 6) is -4.78. The van der Waals surface area contributed by atoms with Crippen molar-refractivity contribution in [3.05, 3.63) is 50.9 Å². The normalized spacial score (nSPS) is 10.5. The Morgan fingerprint density at radius 3 is 2.52 bits per heavy atom. The van der Waals surface area contributed by atoms with E-state index in [0.29, 0.717) is 3.57 Å². The third-order valence-corrected chi connectivity index (χ3v) is 3.60. The van der Waals surface area contributed by atoms with E-state index < -0.39 is 34.8 Å². The minimum atomic E-state index is -1.37. The SMILES string of the molecule is CCOc1cc(C(N)=O)c(Nc2ccc(I)cc2F)c(F)c1F. The van der Waals surface area contributed by atoms with Crippen molar-refractivity contribution in [1.29, 1.82) is 0 Å². The van der Waals surface area contributed by atoms with Gasteiger partial charge in [0.25, 0.3) is 5.91 Å². The van der Waals surface area contributed by atoms with Crippen LogP contribution in [0.15, 0.2) is 24.3 Å². The quantitative estimate of drug-likeness (QED) is 0.698. The average Bonchev–Trinajstić information content (AvgIpc) is 2.48. The predicted molar refractivity (Wildman–Crippen MR) is 88.4 cm³/mol. The molecule has 122 valence electrons. The van der Waals surface area contributed by atoms with Gasteiger partial charge in [-0.15, -0.1) is 0 Å². The number of rotatable bonds is 5. The van der Waals surface area contributed by atoms with Crippen molar-refractivity contribution in [3.63, 3.8) is 0 Å². The Kier molecular flexibility index (Phi) is 5.34. The zero-order chi connectivity index (χ0) is 17.1. The number of carbonyl (C=O) groups is 1. The average molecular weight is 436 g/mol. The highest BCUT2D eigenvalue weighted by Gasteiger charge is 2.23. The number of primary amides is 1. The zero-order valence-corrected chi connectivity index (χ0v) is 14.1. The van der Waals surface area contributed by atoms with E-state index in [1.165, 1.54) is 12.1 Å². The monoisotopic (exact) mass is 436 g/mol. The van der Waals surface area contributed by atoms with Crippen LogP contribution in [0.4, 0.5) is 24.5 Å². The number of nitrogens with one attached hydrogen (secondary N) is 1. The molecule has 8 heteroatoms. The Bertz CT molecular complexity index is 769. The van der Waals surface area contributed by atoms with Crippen molar-refractivity contribution in [2.75, 3.05) is 11.9 Å². The van der Waals surface area contributed by atoms with Gasteiger partial charge < -0.3 is 15.8 Å². The largest absolute Gasteiger partial charge is 0.491 e. The molecule has 0 aromatic heterocycles. The smallest absolute Gasteiger partial charge is 0.251 e. The molecule has 0 fully saturated rings. The number of amides is 1. The highest BCUT2D eigenvalue weighted by Crippen LogP contribution is 2.33. The van der Waals surface area contributed by atoms with E-state index >= 15 is 0 Å². The van der Waals surface area contributed by atoms with Crippen LogP contribution in [0.3, 0.4) is 0 Å². The fourth-order valence-corrected chi connectivity index (χ4v) is 2.36. The maximum atomic E-state index is 14.3. The molecule has 2 aromatic carbocycles. The second kappa shape index (κ2) is 7.07. The fourth-order valence-electron chi connectivity index (χ4n) is 1.91. The summed E-state index contributed by atoms with van der Waals surface area (Å²) < 4.78 is 47.7. The van der Waals surface area contributed by atoms with E-state index in [1.54, 1.807) is 13.0 Å². The Hall–Kier alpha value is -1.97. The molecule has 0 radical (unpaired) electrons. The molecule has 4 nitrogen and oxygen atoms in total. The molecule has 0 spiro atoms. The third-order valence-electron chi connectivity index (χ3n) is 2.93. The van der Waals surface area contributed by atoms with E-state index in [1.807, 2.05) is 22.6 Å². The Morgan fingerprint density at radius 2 is 1.96 bits per heavy atom. The number of ether oxygens (including phenoxy) is 1. The first-order valence-corrected chi connectivity index (χ1v) is 7.59. The van der Waals surface area contributed by atoms with Crippen LogP contribution >= 0.6 is 22.6 Å². The standard InChI is InChI=1S/C15H12F3IN2O2/c1-2-23-11-6-8(15(20)22)14(13(18)12(11)17)21-10-4-3-7(19)5-9(10)16/h3-6,21H,2H2,1H3,(H2,20,22). The zero-order valence-electron chi connectivity index (χ0n) is 11.9. The summed E-state index contributed by atoms with van der Waals surface area (Å²) in [5, 5.41) is 2.38. The summed E-state index contributed by atoms with van der Waals surface area (Å²) in [7, 11) is 0. The van der Waals surface area contributed by atoms with Gasteiger partial charge in [0.15, 0.2) is 11.6 Å². The molecular weight excluding hydrogens is 424 g/mol. The number of nitrogens with two attached hydrogens (primary N) is 1. The van der Waals surface area contributed by atoms with Crippen molar-refractivity contribution < 1.29 is 22.7 Å². The second-order valence-electron chi connectivity index (χ2n) is 4.47. The van der Waals surface area contributed by atoms with Crippen LogP contribution in [-0.4, -0.2) is 12.5 Å². The first kappa shape index (κ1) is 17.4. The molecule has 0 bridgehead atoms. The number of benzene rings is 2. The molecule has 23 heavy (non-hydrogen) atoms. The lowest BCUT2D eigenvalue weighted by Gasteiger charge is -2.15. The molecule has 0 aliphatic rings. The molecular formula is C15H12F3IN2O2. The van der Waals surface area contributed by atoms with Gasteiger partial charge >= 0.3 is 0 Å². The highest BCUT2D eigenvalue weighted by molar-refractivity contribution is 14.1. The Morgan fingerprint density at radius 1 is 1.26 bits per heavy atom. The van der Waals surface area contributed by atoms with Crippen LogP contribution in [0.1, 0.15) is 17.3 Å².